The fourth-order valence-electron chi connectivity index (χ4n) is 5.27. The first-order valence-electron chi connectivity index (χ1n) is 14.8. The van der Waals surface area contributed by atoms with Gasteiger partial charge in [-0.3, -0.25) is 4.90 Å². The van der Waals surface area contributed by atoms with E-state index in [1.54, 1.807) is 14.2 Å². The molecule has 1 aliphatic heterocycles. The first-order valence-corrected chi connectivity index (χ1v) is 14.8. The Morgan fingerprint density at radius 2 is 1.44 bits per heavy atom. The summed E-state index contributed by atoms with van der Waals surface area (Å²) < 4.78 is 23.3. The van der Waals surface area contributed by atoms with Gasteiger partial charge in [-0.15, -0.1) is 0 Å². The molecule has 1 heterocycles. The first kappa shape index (κ1) is 30.0. The number of amides is 2. The second-order valence-electron chi connectivity index (χ2n) is 10.7. The molecule has 4 aromatic rings. The van der Waals surface area contributed by atoms with Crippen LogP contribution in [-0.4, -0.2) is 44.3 Å². The number of methoxy groups -OCH3 is 2. The van der Waals surface area contributed by atoms with E-state index in [1.165, 1.54) is 0 Å². The molecule has 0 bridgehead atoms. The van der Waals surface area contributed by atoms with Gasteiger partial charge in [0.25, 0.3) is 0 Å². The van der Waals surface area contributed by atoms with Gasteiger partial charge in [-0.1, -0.05) is 72.8 Å². The molecule has 0 aliphatic carbocycles. The summed E-state index contributed by atoms with van der Waals surface area (Å²) in [5.41, 5.74) is 5.11. The standard InChI is InChI=1S/C36H40N2O5/c1-27-18-20-37(32-16-17-33(40-2)35(23-32)43-26-30-12-8-5-9-13-30)36(39)38(27)24-31-15-14-28(22-34(31)41-3)19-21-42-25-29-10-6-4-7-11-29/h4-17,22-23,27H,18-21,24-26H2,1-3H3. The molecule has 1 unspecified atom stereocenters. The molecule has 43 heavy (non-hydrogen) atoms. The van der Waals surface area contributed by atoms with E-state index in [2.05, 4.69) is 37.3 Å². The molecule has 0 radical (unpaired) electrons. The van der Waals surface area contributed by atoms with Crippen molar-refractivity contribution in [2.45, 2.75) is 45.6 Å². The highest BCUT2D eigenvalue weighted by molar-refractivity contribution is 5.93. The summed E-state index contributed by atoms with van der Waals surface area (Å²) in [6.07, 6.45) is 1.62. The summed E-state index contributed by atoms with van der Waals surface area (Å²) in [5.74, 6) is 2.01. The van der Waals surface area contributed by atoms with Crippen LogP contribution in [0.4, 0.5) is 10.5 Å². The van der Waals surface area contributed by atoms with Crippen molar-refractivity contribution >= 4 is 11.7 Å². The zero-order valence-corrected chi connectivity index (χ0v) is 25.2. The topological polar surface area (TPSA) is 60.5 Å². The molecule has 0 saturated carbocycles. The second kappa shape index (κ2) is 14.6. The molecule has 1 aliphatic rings. The molecule has 0 spiro atoms. The van der Waals surface area contributed by atoms with Crippen molar-refractivity contribution in [1.82, 2.24) is 4.90 Å². The van der Waals surface area contributed by atoms with E-state index in [-0.39, 0.29) is 12.1 Å². The molecule has 4 aromatic carbocycles. The van der Waals surface area contributed by atoms with Gasteiger partial charge in [0, 0.05) is 29.9 Å². The van der Waals surface area contributed by atoms with Gasteiger partial charge >= 0.3 is 6.03 Å². The molecule has 1 fully saturated rings. The van der Waals surface area contributed by atoms with Crippen LogP contribution in [0.25, 0.3) is 0 Å². The number of urea groups is 1. The Labute approximate surface area is 254 Å². The SMILES string of the molecule is COc1cc(CCOCc2ccccc2)ccc1CN1C(=O)N(c2ccc(OC)c(OCc3ccccc3)c2)CCC1C. The number of rotatable bonds is 13. The lowest BCUT2D eigenvalue weighted by molar-refractivity contribution is 0.124. The number of hydrogen-bond acceptors (Lipinski definition) is 5. The van der Waals surface area contributed by atoms with Crippen molar-refractivity contribution < 1.29 is 23.7 Å². The van der Waals surface area contributed by atoms with Crippen molar-refractivity contribution in [1.29, 1.82) is 0 Å². The van der Waals surface area contributed by atoms with E-state index in [0.29, 0.717) is 44.4 Å². The monoisotopic (exact) mass is 580 g/mol. The van der Waals surface area contributed by atoms with E-state index < -0.39 is 0 Å². The zero-order valence-electron chi connectivity index (χ0n) is 25.2. The fraction of sp³-hybridized carbons (Fsp3) is 0.306. The number of anilines is 1. The van der Waals surface area contributed by atoms with Gasteiger partial charge in [0.15, 0.2) is 11.5 Å². The zero-order chi connectivity index (χ0) is 30.0. The molecular weight excluding hydrogens is 540 g/mol. The Kier molecular flexibility index (Phi) is 10.2. The fourth-order valence-corrected chi connectivity index (χ4v) is 5.27. The second-order valence-corrected chi connectivity index (χ2v) is 10.7. The summed E-state index contributed by atoms with van der Waals surface area (Å²) in [7, 11) is 3.30. The first-order chi connectivity index (χ1) is 21.1. The lowest BCUT2D eigenvalue weighted by Crippen LogP contribution is -2.53. The Bertz CT molecular complexity index is 1480. The molecule has 1 saturated heterocycles. The van der Waals surface area contributed by atoms with Crippen LogP contribution in [0.1, 0.15) is 35.6 Å². The number of carbonyl (C=O) groups excluding carboxylic acids is 1. The van der Waals surface area contributed by atoms with Crippen molar-refractivity contribution in [3.8, 4) is 17.2 Å². The molecule has 7 heteroatoms. The quantitative estimate of drug-likeness (QED) is 0.156. The van der Waals surface area contributed by atoms with E-state index in [4.69, 9.17) is 18.9 Å². The van der Waals surface area contributed by atoms with Crippen molar-refractivity contribution in [2.75, 3.05) is 32.3 Å². The van der Waals surface area contributed by atoms with Crippen LogP contribution in [0.3, 0.4) is 0 Å². The summed E-state index contributed by atoms with van der Waals surface area (Å²) in [6, 6.07) is 32.1. The average molecular weight is 581 g/mol. The molecule has 7 nitrogen and oxygen atoms in total. The van der Waals surface area contributed by atoms with Crippen molar-refractivity contribution in [3.05, 3.63) is 119 Å². The number of benzene rings is 4. The summed E-state index contributed by atoms with van der Waals surface area (Å²) >= 11 is 0. The smallest absolute Gasteiger partial charge is 0.325 e. The highest BCUT2D eigenvalue weighted by Gasteiger charge is 2.32. The third-order valence-corrected chi connectivity index (χ3v) is 7.81. The molecule has 0 N–H and O–H groups in total. The molecule has 1 atom stereocenters. The van der Waals surface area contributed by atoms with Gasteiger partial charge in [-0.25, -0.2) is 4.79 Å². The highest BCUT2D eigenvalue weighted by Crippen LogP contribution is 2.35. The number of ether oxygens (including phenoxy) is 4. The van der Waals surface area contributed by atoms with Crippen LogP contribution in [0, 0.1) is 0 Å². The van der Waals surface area contributed by atoms with Gasteiger partial charge in [0.2, 0.25) is 0 Å². The maximum atomic E-state index is 13.9. The van der Waals surface area contributed by atoms with Crippen LogP contribution < -0.4 is 19.1 Å². The Hall–Kier alpha value is -4.49. The minimum atomic E-state index is -0.0432. The van der Waals surface area contributed by atoms with E-state index >= 15 is 0 Å². The van der Waals surface area contributed by atoms with Gasteiger partial charge < -0.3 is 23.8 Å². The van der Waals surface area contributed by atoms with Crippen LogP contribution >= 0.6 is 0 Å². The third-order valence-electron chi connectivity index (χ3n) is 7.81. The predicted molar refractivity (Wildman–Crippen MR) is 169 cm³/mol. The van der Waals surface area contributed by atoms with E-state index in [0.717, 1.165) is 46.5 Å². The normalized spacial score (nSPS) is 15.0. The van der Waals surface area contributed by atoms with Crippen LogP contribution in [0.5, 0.6) is 17.2 Å². The van der Waals surface area contributed by atoms with Gasteiger partial charge in [-0.2, -0.15) is 0 Å². The predicted octanol–water partition coefficient (Wildman–Crippen LogP) is 7.26. The molecule has 224 valence electrons. The van der Waals surface area contributed by atoms with Crippen LogP contribution in [-0.2, 0) is 30.9 Å². The van der Waals surface area contributed by atoms with Crippen LogP contribution in [0.2, 0.25) is 0 Å². The minimum Gasteiger partial charge on any atom is -0.496 e. The number of nitrogens with zero attached hydrogens (tertiary/aromatic N) is 2. The lowest BCUT2D eigenvalue weighted by atomic mass is 10.0. The number of carbonyl (C=O) groups is 1. The van der Waals surface area contributed by atoms with E-state index in [1.807, 2.05) is 76.5 Å². The maximum Gasteiger partial charge on any atom is 0.325 e. The average Bonchev–Trinajstić information content (AvgIpc) is 3.05. The van der Waals surface area contributed by atoms with Crippen molar-refractivity contribution in [2.24, 2.45) is 0 Å². The lowest BCUT2D eigenvalue weighted by Gasteiger charge is -2.40. The Balaban J connectivity index is 1.25. The van der Waals surface area contributed by atoms with Gasteiger partial charge in [0.1, 0.15) is 12.4 Å². The largest absolute Gasteiger partial charge is 0.496 e. The molecular formula is C36H40N2O5. The molecule has 0 aromatic heterocycles. The number of hydrogen-bond donors (Lipinski definition) is 0. The maximum absolute atomic E-state index is 13.9. The summed E-state index contributed by atoms with van der Waals surface area (Å²) in [5, 5.41) is 0. The van der Waals surface area contributed by atoms with Gasteiger partial charge in [0.05, 0.1) is 34.0 Å². The molecule has 2 amide bonds. The van der Waals surface area contributed by atoms with Crippen molar-refractivity contribution in [3.63, 3.8) is 0 Å². The summed E-state index contributed by atoms with van der Waals surface area (Å²) in [6.45, 7) is 4.80. The third kappa shape index (κ3) is 7.67. The molecule has 5 rings (SSSR count). The summed E-state index contributed by atoms with van der Waals surface area (Å²) in [4.78, 5) is 17.6. The van der Waals surface area contributed by atoms with Gasteiger partial charge in [-0.05, 0) is 54.7 Å². The van der Waals surface area contributed by atoms with Crippen LogP contribution in [0.15, 0.2) is 97.1 Å². The minimum absolute atomic E-state index is 0.0432. The highest BCUT2D eigenvalue weighted by atomic mass is 16.5. The Morgan fingerprint density at radius 1 is 0.744 bits per heavy atom. The van der Waals surface area contributed by atoms with E-state index in [9.17, 15) is 4.79 Å². The Morgan fingerprint density at radius 3 is 2.14 bits per heavy atom.